The number of nitrogens with one attached hydrogen (secondary N) is 3. The van der Waals surface area contributed by atoms with Crippen molar-refractivity contribution in [3.05, 3.63) is 63.7 Å². The van der Waals surface area contributed by atoms with Crippen LogP contribution in [-0.2, 0) is 15.4 Å². The first-order chi connectivity index (χ1) is 15.4. The van der Waals surface area contributed by atoms with Gasteiger partial charge >= 0.3 is 0 Å². The highest BCUT2D eigenvalue weighted by molar-refractivity contribution is 7.88. The summed E-state index contributed by atoms with van der Waals surface area (Å²) in [5.41, 5.74) is 4.50. The Morgan fingerprint density at radius 2 is 1.91 bits per heavy atom. The van der Waals surface area contributed by atoms with E-state index in [2.05, 4.69) is 41.9 Å². The van der Waals surface area contributed by atoms with Crippen molar-refractivity contribution in [3.8, 4) is 11.1 Å². The number of aryl methyl sites for hydroxylation is 1. The Kier molecular flexibility index (Phi) is 6.20. The van der Waals surface area contributed by atoms with E-state index < -0.39 is 10.0 Å². The van der Waals surface area contributed by atoms with E-state index in [1.165, 1.54) is 6.26 Å². The Morgan fingerprint density at radius 3 is 2.52 bits per heavy atom. The van der Waals surface area contributed by atoms with Crippen LogP contribution in [0, 0.1) is 12.8 Å². The summed E-state index contributed by atoms with van der Waals surface area (Å²) in [5.74, 6) is 0.143. The molecule has 1 fully saturated rings. The maximum absolute atomic E-state index is 12.8. The summed E-state index contributed by atoms with van der Waals surface area (Å²) in [7, 11) is -3.41. The Bertz CT molecular complexity index is 1350. The van der Waals surface area contributed by atoms with Crippen molar-refractivity contribution >= 4 is 20.9 Å². The molecule has 4 rings (SSSR count). The number of hydrogen-bond acceptors (Lipinski definition) is 5. The van der Waals surface area contributed by atoms with E-state index in [9.17, 15) is 13.2 Å². The van der Waals surface area contributed by atoms with Gasteiger partial charge in [-0.3, -0.25) is 9.78 Å². The molecule has 0 aliphatic carbocycles. The summed E-state index contributed by atoms with van der Waals surface area (Å²) in [5, 5.41) is 4.21. The first-order valence-electron chi connectivity index (χ1n) is 11.2. The molecule has 8 heteroatoms. The summed E-state index contributed by atoms with van der Waals surface area (Å²) in [6.45, 7) is 9.86. The number of aromatic nitrogens is 2. The topological polar surface area (TPSA) is 104 Å². The summed E-state index contributed by atoms with van der Waals surface area (Å²) < 4.78 is 27.1. The normalized spacial score (nSPS) is 18.0. The molecular weight excluding hydrogens is 436 g/mol. The highest BCUT2D eigenvalue weighted by Crippen LogP contribution is 2.35. The Balaban J connectivity index is 1.93. The molecule has 3 aromatic rings. The van der Waals surface area contributed by atoms with Crippen LogP contribution >= 0.6 is 0 Å². The molecule has 1 saturated heterocycles. The van der Waals surface area contributed by atoms with E-state index in [0.717, 1.165) is 52.8 Å². The molecule has 0 bridgehead atoms. The molecule has 7 nitrogen and oxygen atoms in total. The number of rotatable bonds is 5. The van der Waals surface area contributed by atoms with Gasteiger partial charge in [0.25, 0.3) is 5.56 Å². The standard InChI is InChI=1S/C25H32N4O3S/c1-15-6-7-20(24(30)28-15)21-12-19(25(2,3)4)11-17-10-18(14-27-23(17)21)22(29-33(5,31)32)16-8-9-26-13-16/h6-7,10-12,14,16,22,26,29H,8-9,13H2,1-5H3,(H,28,30)/t16?,22-/m0/s1. The van der Waals surface area contributed by atoms with Gasteiger partial charge in [-0.05, 0) is 79.2 Å². The van der Waals surface area contributed by atoms with Gasteiger partial charge in [0.05, 0.1) is 17.8 Å². The van der Waals surface area contributed by atoms with Gasteiger partial charge in [-0.1, -0.05) is 20.8 Å². The zero-order valence-electron chi connectivity index (χ0n) is 19.8. The lowest BCUT2D eigenvalue weighted by molar-refractivity contribution is 0.432. The first-order valence-corrected chi connectivity index (χ1v) is 13.1. The predicted octanol–water partition coefficient (Wildman–Crippen LogP) is 3.40. The van der Waals surface area contributed by atoms with Crippen molar-refractivity contribution in [2.45, 2.75) is 45.6 Å². The molecule has 1 aromatic carbocycles. The largest absolute Gasteiger partial charge is 0.326 e. The lowest BCUT2D eigenvalue weighted by Gasteiger charge is -2.25. The number of nitrogens with zero attached hydrogens (tertiary/aromatic N) is 1. The predicted molar refractivity (Wildman–Crippen MR) is 133 cm³/mol. The fourth-order valence-electron chi connectivity index (χ4n) is 4.49. The maximum Gasteiger partial charge on any atom is 0.256 e. The zero-order valence-corrected chi connectivity index (χ0v) is 20.6. The fraction of sp³-hybridized carbons (Fsp3) is 0.440. The summed E-state index contributed by atoms with van der Waals surface area (Å²) >= 11 is 0. The number of aromatic amines is 1. The zero-order chi connectivity index (χ0) is 24.0. The van der Waals surface area contributed by atoms with Crippen LogP contribution in [0.1, 0.15) is 50.1 Å². The van der Waals surface area contributed by atoms with Crippen LogP contribution in [0.15, 0.2) is 41.3 Å². The molecule has 3 heterocycles. The van der Waals surface area contributed by atoms with Crippen LogP contribution in [0.4, 0.5) is 0 Å². The van der Waals surface area contributed by atoms with Gasteiger partial charge < -0.3 is 10.3 Å². The van der Waals surface area contributed by atoms with Gasteiger partial charge in [0.15, 0.2) is 0 Å². The molecule has 2 atom stereocenters. The maximum atomic E-state index is 12.8. The number of H-pyrrole nitrogens is 1. The lowest BCUT2D eigenvalue weighted by Crippen LogP contribution is -2.33. The highest BCUT2D eigenvalue weighted by atomic mass is 32.2. The van der Waals surface area contributed by atoms with Gasteiger partial charge in [0.1, 0.15) is 0 Å². The van der Waals surface area contributed by atoms with Crippen LogP contribution in [0.5, 0.6) is 0 Å². The van der Waals surface area contributed by atoms with Crippen molar-refractivity contribution < 1.29 is 8.42 Å². The number of hydrogen-bond donors (Lipinski definition) is 3. The minimum atomic E-state index is -3.41. The van der Waals surface area contributed by atoms with Crippen molar-refractivity contribution in [1.82, 2.24) is 20.0 Å². The van der Waals surface area contributed by atoms with Crippen LogP contribution < -0.4 is 15.6 Å². The molecule has 0 spiro atoms. The molecule has 2 aromatic heterocycles. The van der Waals surface area contributed by atoms with Crippen LogP contribution in [0.3, 0.4) is 0 Å². The van der Waals surface area contributed by atoms with Gasteiger partial charge in [-0.15, -0.1) is 0 Å². The first kappa shape index (κ1) is 23.6. The summed E-state index contributed by atoms with van der Waals surface area (Å²) in [6.07, 6.45) is 3.82. The van der Waals surface area contributed by atoms with Gasteiger partial charge in [0, 0.05) is 28.4 Å². The van der Waals surface area contributed by atoms with Crippen molar-refractivity contribution in [3.63, 3.8) is 0 Å². The monoisotopic (exact) mass is 468 g/mol. The minimum Gasteiger partial charge on any atom is -0.326 e. The highest BCUT2D eigenvalue weighted by Gasteiger charge is 2.29. The molecular formula is C25H32N4O3S. The lowest BCUT2D eigenvalue weighted by atomic mass is 9.83. The number of fused-ring (bicyclic) bond motifs is 1. The second-order valence-corrected chi connectivity index (χ2v) is 11.9. The Labute approximate surface area is 195 Å². The SMILES string of the molecule is Cc1ccc(-c2cc(C(C)(C)C)cc3cc([C@@H](NS(C)(=O)=O)C4CCNC4)cnc23)c(=O)[nH]1. The molecule has 1 unspecified atom stereocenters. The summed E-state index contributed by atoms with van der Waals surface area (Å²) in [4.78, 5) is 20.4. The van der Waals surface area contributed by atoms with Crippen molar-refractivity contribution in [1.29, 1.82) is 0 Å². The second-order valence-electron chi connectivity index (χ2n) is 10.1. The molecule has 0 saturated carbocycles. The van der Waals surface area contributed by atoms with Crippen molar-refractivity contribution in [2.75, 3.05) is 19.3 Å². The van der Waals surface area contributed by atoms with Gasteiger partial charge in [0.2, 0.25) is 10.0 Å². The third-order valence-electron chi connectivity index (χ3n) is 6.29. The third kappa shape index (κ3) is 5.18. The third-order valence-corrected chi connectivity index (χ3v) is 6.97. The summed E-state index contributed by atoms with van der Waals surface area (Å²) in [6, 6.07) is 9.52. The molecule has 1 aliphatic rings. The van der Waals surface area contributed by atoms with Gasteiger partial charge in [-0.2, -0.15) is 0 Å². The molecule has 3 N–H and O–H groups in total. The second kappa shape index (κ2) is 8.66. The molecule has 33 heavy (non-hydrogen) atoms. The molecule has 1 aliphatic heterocycles. The average Bonchev–Trinajstić information content (AvgIpc) is 3.24. The Hall–Kier alpha value is -2.55. The van der Waals surface area contributed by atoms with E-state index in [1.54, 1.807) is 6.20 Å². The average molecular weight is 469 g/mol. The van der Waals surface area contributed by atoms with E-state index in [0.29, 0.717) is 5.56 Å². The van der Waals surface area contributed by atoms with Crippen LogP contribution in [0.2, 0.25) is 0 Å². The number of pyridine rings is 2. The fourth-order valence-corrected chi connectivity index (χ4v) is 5.28. The van der Waals surface area contributed by atoms with Crippen molar-refractivity contribution in [2.24, 2.45) is 5.92 Å². The van der Waals surface area contributed by atoms with E-state index in [1.807, 2.05) is 31.2 Å². The number of benzene rings is 1. The van der Waals surface area contributed by atoms with Gasteiger partial charge in [-0.25, -0.2) is 13.1 Å². The van der Waals surface area contributed by atoms with Crippen LogP contribution in [-0.4, -0.2) is 37.7 Å². The minimum absolute atomic E-state index is 0.143. The quantitative estimate of drug-likeness (QED) is 0.532. The smallest absolute Gasteiger partial charge is 0.256 e. The van der Waals surface area contributed by atoms with Crippen LogP contribution in [0.25, 0.3) is 22.0 Å². The molecule has 0 amide bonds. The van der Waals surface area contributed by atoms with E-state index in [-0.39, 0.29) is 22.9 Å². The number of sulfonamides is 1. The molecule has 0 radical (unpaired) electrons. The molecule has 176 valence electrons. The van der Waals surface area contributed by atoms with E-state index >= 15 is 0 Å². The Morgan fingerprint density at radius 1 is 1.15 bits per heavy atom. The van der Waals surface area contributed by atoms with E-state index in [4.69, 9.17) is 4.98 Å².